The molecule has 1 aliphatic carbocycles. The summed E-state index contributed by atoms with van der Waals surface area (Å²) in [5.41, 5.74) is 0.393. The lowest BCUT2D eigenvalue weighted by molar-refractivity contribution is -0.140. The molecule has 3 heterocycles. The van der Waals surface area contributed by atoms with Crippen LogP contribution < -0.4 is 0 Å². The number of likely N-dealkylation sites (tertiary alicyclic amines) is 1. The summed E-state index contributed by atoms with van der Waals surface area (Å²) in [5.74, 6) is 1.16. The van der Waals surface area contributed by atoms with Crippen molar-refractivity contribution in [3.8, 4) is 0 Å². The molecule has 3 atom stereocenters. The van der Waals surface area contributed by atoms with Crippen molar-refractivity contribution in [2.24, 2.45) is 11.8 Å². The molecule has 2 saturated heterocycles. The van der Waals surface area contributed by atoms with Crippen molar-refractivity contribution >= 4 is 15.9 Å². The third-order valence-corrected chi connectivity index (χ3v) is 9.11. The fraction of sp³-hybridized carbons (Fsp3) is 0.800. The molecule has 0 spiro atoms. The fourth-order valence-corrected chi connectivity index (χ4v) is 7.38. The molecule has 3 fully saturated rings. The summed E-state index contributed by atoms with van der Waals surface area (Å²) in [4.78, 5) is 15.6. The zero-order chi connectivity index (χ0) is 20.1. The van der Waals surface area contributed by atoms with Crippen LogP contribution in [0, 0.1) is 25.7 Å². The van der Waals surface area contributed by atoms with Gasteiger partial charge in [-0.25, -0.2) is 8.42 Å². The molecule has 3 aliphatic rings. The average molecular weight is 410 g/mol. The van der Waals surface area contributed by atoms with Crippen molar-refractivity contribution in [1.29, 1.82) is 0 Å². The summed E-state index contributed by atoms with van der Waals surface area (Å²) in [7, 11) is -3.63. The Labute approximate surface area is 167 Å². The van der Waals surface area contributed by atoms with E-state index >= 15 is 0 Å². The molecule has 3 unspecified atom stereocenters. The Morgan fingerprint density at radius 2 is 1.79 bits per heavy atom. The Morgan fingerprint density at radius 3 is 2.43 bits per heavy atom. The lowest BCUT2D eigenvalue weighted by Crippen LogP contribution is -2.48. The van der Waals surface area contributed by atoms with E-state index in [0.717, 1.165) is 12.8 Å². The molecule has 1 amide bonds. The lowest BCUT2D eigenvalue weighted by Gasteiger charge is -2.38. The molecule has 0 bridgehead atoms. The Bertz CT molecular complexity index is 822. The molecule has 1 saturated carbocycles. The molecule has 0 aromatic carbocycles. The largest absolute Gasteiger partial charge is 0.360 e. The summed E-state index contributed by atoms with van der Waals surface area (Å²) >= 11 is 0. The molecule has 1 aromatic heterocycles. The van der Waals surface area contributed by atoms with E-state index in [1.807, 2.05) is 0 Å². The first-order valence-electron chi connectivity index (χ1n) is 10.6. The van der Waals surface area contributed by atoms with Crippen molar-refractivity contribution in [3.05, 3.63) is 11.5 Å². The van der Waals surface area contributed by atoms with Gasteiger partial charge in [-0.3, -0.25) is 4.79 Å². The number of rotatable bonds is 3. The first-order chi connectivity index (χ1) is 13.3. The van der Waals surface area contributed by atoms with E-state index in [1.165, 1.54) is 23.6 Å². The summed E-state index contributed by atoms with van der Waals surface area (Å²) in [6.45, 7) is 6.19. The maximum Gasteiger partial charge on any atom is 0.248 e. The van der Waals surface area contributed by atoms with Gasteiger partial charge in [0.15, 0.2) is 5.76 Å². The van der Waals surface area contributed by atoms with E-state index in [1.54, 1.807) is 13.8 Å². The fourth-order valence-electron chi connectivity index (χ4n) is 5.61. The van der Waals surface area contributed by atoms with Crippen LogP contribution in [0.4, 0.5) is 0 Å². The smallest absolute Gasteiger partial charge is 0.248 e. The van der Waals surface area contributed by atoms with E-state index in [9.17, 15) is 13.2 Å². The Morgan fingerprint density at radius 1 is 1.11 bits per heavy atom. The summed E-state index contributed by atoms with van der Waals surface area (Å²) in [6.07, 6.45) is 7.16. The van der Waals surface area contributed by atoms with Crippen LogP contribution in [0.15, 0.2) is 9.42 Å². The van der Waals surface area contributed by atoms with Crippen LogP contribution in [0.2, 0.25) is 0 Å². The highest BCUT2D eigenvalue weighted by molar-refractivity contribution is 7.89. The number of aryl methyl sites for hydroxylation is 2. The zero-order valence-electron chi connectivity index (χ0n) is 17.1. The quantitative estimate of drug-likeness (QED) is 0.766. The van der Waals surface area contributed by atoms with Crippen molar-refractivity contribution < 1.29 is 17.7 Å². The molecule has 0 N–H and O–H groups in total. The first-order valence-corrected chi connectivity index (χ1v) is 12.0. The average Bonchev–Trinajstić information content (AvgIpc) is 3.19. The summed E-state index contributed by atoms with van der Waals surface area (Å²) < 4.78 is 32.5. The number of fused-ring (bicyclic) bond motifs is 1. The molecular weight excluding hydrogens is 378 g/mol. The molecule has 8 heteroatoms. The van der Waals surface area contributed by atoms with Gasteiger partial charge in [-0.15, -0.1) is 0 Å². The van der Waals surface area contributed by atoms with Crippen LogP contribution in [0.25, 0.3) is 0 Å². The first kappa shape index (κ1) is 19.9. The van der Waals surface area contributed by atoms with Crippen LogP contribution in [0.3, 0.4) is 0 Å². The second-order valence-electron chi connectivity index (χ2n) is 8.77. The number of sulfonamides is 1. The van der Waals surface area contributed by atoms with E-state index in [2.05, 4.69) is 17.0 Å². The number of carbonyl (C=O) groups is 1. The van der Waals surface area contributed by atoms with Crippen LogP contribution in [-0.4, -0.2) is 53.9 Å². The number of piperidine rings is 1. The van der Waals surface area contributed by atoms with Gasteiger partial charge in [0.2, 0.25) is 15.9 Å². The maximum absolute atomic E-state index is 13.3. The predicted molar refractivity (Wildman–Crippen MR) is 104 cm³/mol. The monoisotopic (exact) mass is 409 g/mol. The molecule has 4 rings (SSSR count). The minimum absolute atomic E-state index is 0.0701. The standard InChI is InChI=1S/C20H31N3O4S/c1-13-12-17-6-4-5-7-18(17)23(13)20(24)16-8-10-22(11-9-16)28(25,26)19-14(2)21-27-15(19)3/h13,16-18H,4-12H2,1-3H3. The summed E-state index contributed by atoms with van der Waals surface area (Å²) in [6, 6.07) is 0.713. The third-order valence-electron chi connectivity index (χ3n) is 6.97. The van der Waals surface area contributed by atoms with Crippen LogP contribution in [0.5, 0.6) is 0 Å². The molecule has 28 heavy (non-hydrogen) atoms. The van der Waals surface area contributed by atoms with Gasteiger partial charge in [0, 0.05) is 31.1 Å². The molecular formula is C20H31N3O4S. The highest BCUT2D eigenvalue weighted by atomic mass is 32.2. The van der Waals surface area contributed by atoms with Crippen molar-refractivity contribution in [3.63, 3.8) is 0 Å². The van der Waals surface area contributed by atoms with E-state index in [4.69, 9.17) is 4.52 Å². The van der Waals surface area contributed by atoms with Crippen LogP contribution >= 0.6 is 0 Å². The lowest BCUT2D eigenvalue weighted by atomic mass is 9.84. The van der Waals surface area contributed by atoms with Gasteiger partial charge in [0.05, 0.1) is 0 Å². The van der Waals surface area contributed by atoms with Gasteiger partial charge < -0.3 is 9.42 Å². The molecule has 1 aromatic rings. The second-order valence-corrected chi connectivity index (χ2v) is 10.6. The van der Waals surface area contributed by atoms with Gasteiger partial charge in [-0.1, -0.05) is 18.0 Å². The molecule has 7 nitrogen and oxygen atoms in total. The number of hydrogen-bond donors (Lipinski definition) is 0. The minimum Gasteiger partial charge on any atom is -0.360 e. The van der Waals surface area contributed by atoms with E-state index < -0.39 is 10.0 Å². The van der Waals surface area contributed by atoms with Gasteiger partial charge >= 0.3 is 0 Å². The molecule has 156 valence electrons. The molecule has 0 radical (unpaired) electrons. The SMILES string of the molecule is Cc1noc(C)c1S(=O)(=O)N1CCC(C(=O)N2C(C)CC3CCCCC32)CC1. The van der Waals surface area contributed by atoms with Gasteiger partial charge in [-0.2, -0.15) is 4.31 Å². The highest BCUT2D eigenvalue weighted by Crippen LogP contribution is 2.41. The maximum atomic E-state index is 13.3. The van der Waals surface area contributed by atoms with Crippen LogP contribution in [0.1, 0.15) is 63.3 Å². The van der Waals surface area contributed by atoms with Crippen molar-refractivity contribution in [2.45, 2.75) is 82.7 Å². The minimum atomic E-state index is -3.63. The van der Waals surface area contributed by atoms with Crippen molar-refractivity contribution in [1.82, 2.24) is 14.4 Å². The topological polar surface area (TPSA) is 83.7 Å². The summed E-state index contributed by atoms with van der Waals surface area (Å²) in [5, 5.41) is 3.78. The number of hydrogen-bond acceptors (Lipinski definition) is 5. The highest BCUT2D eigenvalue weighted by Gasteiger charge is 2.45. The predicted octanol–water partition coefficient (Wildman–Crippen LogP) is 2.87. The Balaban J connectivity index is 1.43. The van der Waals surface area contributed by atoms with Crippen molar-refractivity contribution in [2.75, 3.05) is 13.1 Å². The Kier molecular flexibility index (Phi) is 5.29. The molecule has 2 aliphatic heterocycles. The normalized spacial score (nSPS) is 29.8. The van der Waals surface area contributed by atoms with E-state index in [0.29, 0.717) is 55.4 Å². The van der Waals surface area contributed by atoms with E-state index in [-0.39, 0.29) is 16.7 Å². The third kappa shape index (κ3) is 3.28. The van der Waals surface area contributed by atoms with Gasteiger partial charge in [0.1, 0.15) is 10.6 Å². The number of carbonyl (C=O) groups excluding carboxylic acids is 1. The van der Waals surface area contributed by atoms with Crippen LogP contribution in [-0.2, 0) is 14.8 Å². The number of nitrogens with zero attached hydrogens (tertiary/aromatic N) is 3. The Hall–Kier alpha value is -1.41. The number of aromatic nitrogens is 1. The zero-order valence-corrected chi connectivity index (χ0v) is 17.9. The van der Waals surface area contributed by atoms with Gasteiger partial charge in [0.25, 0.3) is 0 Å². The number of amides is 1. The van der Waals surface area contributed by atoms with Gasteiger partial charge in [-0.05, 0) is 58.8 Å². The second kappa shape index (κ2) is 7.44.